The highest BCUT2D eigenvalue weighted by Crippen LogP contribution is 2.19. The first-order chi connectivity index (χ1) is 6.58. The minimum Gasteiger partial charge on any atom is -0.480 e. The number of nitrogens with zero attached hydrogens (tertiary/aromatic N) is 1. The molecule has 0 spiro atoms. The first-order valence-electron chi connectivity index (χ1n) is 4.76. The average Bonchev–Trinajstić information content (AvgIpc) is 2.50. The lowest BCUT2D eigenvalue weighted by Crippen LogP contribution is -2.50. The van der Waals surface area contributed by atoms with Gasteiger partial charge in [0.1, 0.15) is 5.54 Å². The number of terminal acetylenes is 1. The van der Waals surface area contributed by atoms with Crippen LogP contribution in [0.1, 0.15) is 19.3 Å². The molecule has 1 fully saturated rings. The maximum Gasteiger partial charge on any atom is 0.325 e. The van der Waals surface area contributed by atoms with Gasteiger partial charge in [-0.05, 0) is 19.4 Å². The molecule has 0 radical (unpaired) electrons. The van der Waals surface area contributed by atoms with Gasteiger partial charge in [0.05, 0.1) is 0 Å². The Morgan fingerprint density at radius 1 is 1.71 bits per heavy atom. The average molecular weight is 196 g/mol. The monoisotopic (exact) mass is 196 g/mol. The van der Waals surface area contributed by atoms with Gasteiger partial charge in [-0.25, -0.2) is 0 Å². The number of likely N-dealkylation sites (tertiary alicyclic amines) is 1. The van der Waals surface area contributed by atoms with Crippen LogP contribution in [0.3, 0.4) is 0 Å². The fraction of sp³-hybridized carbons (Fsp3) is 0.700. The highest BCUT2D eigenvalue weighted by molar-refractivity contribution is 5.79. The zero-order valence-electron chi connectivity index (χ0n) is 8.20. The molecule has 4 heteroatoms. The number of aliphatic carboxylic acids is 1. The van der Waals surface area contributed by atoms with Crippen LogP contribution < -0.4 is 5.73 Å². The molecule has 4 nitrogen and oxygen atoms in total. The van der Waals surface area contributed by atoms with E-state index in [0.717, 1.165) is 25.9 Å². The number of hydrogen-bond donors (Lipinski definition) is 2. The highest BCUT2D eigenvalue weighted by Gasteiger charge is 2.40. The van der Waals surface area contributed by atoms with Crippen LogP contribution in [-0.4, -0.2) is 41.1 Å². The highest BCUT2D eigenvalue weighted by atomic mass is 16.4. The molecule has 0 saturated carbocycles. The van der Waals surface area contributed by atoms with Gasteiger partial charge >= 0.3 is 5.97 Å². The summed E-state index contributed by atoms with van der Waals surface area (Å²) < 4.78 is 0. The molecule has 1 heterocycles. The summed E-state index contributed by atoms with van der Waals surface area (Å²) in [5.41, 5.74) is 4.67. The van der Waals surface area contributed by atoms with Crippen molar-refractivity contribution in [2.45, 2.75) is 24.8 Å². The van der Waals surface area contributed by atoms with E-state index < -0.39 is 11.5 Å². The molecule has 1 aliphatic heterocycles. The molecule has 0 aromatic rings. The second-order valence-corrected chi connectivity index (χ2v) is 3.80. The molecule has 0 aromatic carbocycles. The van der Waals surface area contributed by atoms with Gasteiger partial charge < -0.3 is 15.7 Å². The first-order valence-corrected chi connectivity index (χ1v) is 4.76. The normalized spacial score (nSPS) is 27.4. The van der Waals surface area contributed by atoms with Gasteiger partial charge in [0.25, 0.3) is 0 Å². The molecule has 1 atom stereocenters. The predicted octanol–water partition coefficient (Wildman–Crippen LogP) is -0.112. The lowest BCUT2D eigenvalue weighted by Gasteiger charge is -2.19. The largest absolute Gasteiger partial charge is 0.480 e. The molecule has 1 saturated heterocycles. The number of carboxylic acid groups (broad SMARTS) is 1. The third kappa shape index (κ3) is 2.47. The van der Waals surface area contributed by atoms with Crippen LogP contribution in [-0.2, 0) is 4.79 Å². The standard InChI is InChI=1S/C10H16N2O2/c1-2-3-4-6-12-7-5-10(11,8-12)9(13)14/h1H,3-8,11H2,(H,13,14). The van der Waals surface area contributed by atoms with Crippen LogP contribution in [0.25, 0.3) is 0 Å². The number of rotatable bonds is 4. The van der Waals surface area contributed by atoms with Crippen LogP contribution in [0.15, 0.2) is 0 Å². The Balaban J connectivity index is 2.34. The molecule has 0 aliphatic carbocycles. The van der Waals surface area contributed by atoms with Crippen molar-refractivity contribution in [2.24, 2.45) is 5.73 Å². The number of carboxylic acids is 1. The van der Waals surface area contributed by atoms with E-state index in [9.17, 15) is 4.79 Å². The zero-order chi connectivity index (χ0) is 10.6. The molecule has 0 aromatic heterocycles. The molecule has 1 rings (SSSR count). The van der Waals surface area contributed by atoms with E-state index in [-0.39, 0.29) is 0 Å². The van der Waals surface area contributed by atoms with Crippen molar-refractivity contribution in [3.8, 4) is 12.3 Å². The number of carbonyl (C=O) groups is 1. The van der Waals surface area contributed by atoms with Crippen molar-refractivity contribution in [2.75, 3.05) is 19.6 Å². The van der Waals surface area contributed by atoms with Crippen LogP contribution >= 0.6 is 0 Å². The van der Waals surface area contributed by atoms with Gasteiger partial charge in [0.15, 0.2) is 0 Å². The molecular weight excluding hydrogens is 180 g/mol. The van der Waals surface area contributed by atoms with Gasteiger partial charge in [-0.3, -0.25) is 4.79 Å². The van der Waals surface area contributed by atoms with E-state index in [4.69, 9.17) is 17.3 Å². The van der Waals surface area contributed by atoms with Crippen molar-refractivity contribution in [1.82, 2.24) is 4.90 Å². The summed E-state index contributed by atoms with van der Waals surface area (Å²) in [6.45, 7) is 2.04. The zero-order valence-corrected chi connectivity index (χ0v) is 8.20. The van der Waals surface area contributed by atoms with Crippen molar-refractivity contribution >= 4 is 5.97 Å². The van der Waals surface area contributed by atoms with Crippen LogP contribution in [0.5, 0.6) is 0 Å². The van der Waals surface area contributed by atoms with Crippen molar-refractivity contribution in [1.29, 1.82) is 0 Å². The summed E-state index contributed by atoms with van der Waals surface area (Å²) in [6.07, 6.45) is 7.30. The second-order valence-electron chi connectivity index (χ2n) is 3.80. The van der Waals surface area contributed by atoms with Crippen molar-refractivity contribution in [3.05, 3.63) is 0 Å². The van der Waals surface area contributed by atoms with E-state index >= 15 is 0 Å². The Morgan fingerprint density at radius 3 is 2.93 bits per heavy atom. The summed E-state index contributed by atoms with van der Waals surface area (Å²) in [5.74, 6) is 1.66. The second kappa shape index (κ2) is 4.45. The SMILES string of the molecule is C#CCCCN1CCC(N)(C(=O)O)C1. The summed E-state index contributed by atoms with van der Waals surface area (Å²) >= 11 is 0. The molecule has 0 bridgehead atoms. The fourth-order valence-corrected chi connectivity index (χ4v) is 1.68. The Bertz CT molecular complexity index is 259. The smallest absolute Gasteiger partial charge is 0.325 e. The summed E-state index contributed by atoms with van der Waals surface area (Å²) in [4.78, 5) is 12.9. The molecule has 0 amide bonds. The number of nitrogens with two attached hydrogens (primary N) is 1. The van der Waals surface area contributed by atoms with Gasteiger partial charge in [-0.2, -0.15) is 0 Å². The fourth-order valence-electron chi connectivity index (χ4n) is 1.68. The molecule has 3 N–H and O–H groups in total. The third-order valence-corrected chi connectivity index (χ3v) is 2.60. The third-order valence-electron chi connectivity index (χ3n) is 2.60. The number of hydrogen-bond acceptors (Lipinski definition) is 3. The summed E-state index contributed by atoms with van der Waals surface area (Å²) in [6, 6.07) is 0. The maximum atomic E-state index is 10.8. The van der Waals surface area contributed by atoms with E-state index in [1.807, 2.05) is 0 Å². The van der Waals surface area contributed by atoms with Gasteiger partial charge in [-0.15, -0.1) is 12.3 Å². The first kappa shape index (κ1) is 11.0. The lowest BCUT2D eigenvalue weighted by atomic mass is 10.0. The predicted molar refractivity (Wildman–Crippen MR) is 53.7 cm³/mol. The van der Waals surface area contributed by atoms with Crippen LogP contribution in [0.2, 0.25) is 0 Å². The molecule has 14 heavy (non-hydrogen) atoms. The van der Waals surface area contributed by atoms with E-state index in [0.29, 0.717) is 13.0 Å². The number of unbranched alkanes of at least 4 members (excludes halogenated alkanes) is 1. The molecule has 1 aliphatic rings. The Hall–Kier alpha value is -1.05. The van der Waals surface area contributed by atoms with Gasteiger partial charge in [0, 0.05) is 19.5 Å². The minimum absolute atomic E-state index is 0.437. The van der Waals surface area contributed by atoms with Crippen molar-refractivity contribution < 1.29 is 9.90 Å². The Kier molecular flexibility index (Phi) is 3.50. The Labute approximate surface area is 84.1 Å². The maximum absolute atomic E-state index is 10.8. The van der Waals surface area contributed by atoms with Gasteiger partial charge in [0.2, 0.25) is 0 Å². The van der Waals surface area contributed by atoms with Gasteiger partial charge in [-0.1, -0.05) is 0 Å². The summed E-state index contributed by atoms with van der Waals surface area (Å²) in [5, 5.41) is 8.88. The van der Waals surface area contributed by atoms with E-state index in [2.05, 4.69) is 10.8 Å². The topological polar surface area (TPSA) is 66.6 Å². The molecule has 1 unspecified atom stereocenters. The van der Waals surface area contributed by atoms with E-state index in [1.54, 1.807) is 0 Å². The lowest BCUT2D eigenvalue weighted by molar-refractivity contribution is -0.142. The van der Waals surface area contributed by atoms with Crippen LogP contribution in [0, 0.1) is 12.3 Å². The van der Waals surface area contributed by atoms with Crippen LogP contribution in [0.4, 0.5) is 0 Å². The molecular formula is C10H16N2O2. The quantitative estimate of drug-likeness (QED) is 0.486. The Morgan fingerprint density at radius 2 is 2.43 bits per heavy atom. The minimum atomic E-state index is -1.05. The van der Waals surface area contributed by atoms with Crippen molar-refractivity contribution in [3.63, 3.8) is 0 Å². The summed E-state index contributed by atoms with van der Waals surface area (Å²) in [7, 11) is 0. The van der Waals surface area contributed by atoms with E-state index in [1.165, 1.54) is 0 Å². The molecule has 78 valence electrons.